The standard InChI is InChI=1S/C10H12BrClN2O/c1-14(5-4-13)10(15)8-6-7(12)2-3-9(8)11/h2-3,6H,4-5,13H2,1H3. The van der Waals surface area contributed by atoms with Crippen molar-refractivity contribution in [3.05, 3.63) is 33.3 Å². The molecule has 2 N–H and O–H groups in total. The molecular weight excluding hydrogens is 279 g/mol. The zero-order valence-electron chi connectivity index (χ0n) is 8.34. The van der Waals surface area contributed by atoms with Crippen LogP contribution in [0.25, 0.3) is 0 Å². The second-order valence-corrected chi connectivity index (χ2v) is 4.43. The molecule has 0 spiro atoms. The van der Waals surface area contributed by atoms with Crippen molar-refractivity contribution in [1.29, 1.82) is 0 Å². The van der Waals surface area contributed by atoms with Gasteiger partial charge in [0, 0.05) is 29.6 Å². The Hall–Kier alpha value is -0.580. The third kappa shape index (κ3) is 3.19. The van der Waals surface area contributed by atoms with Crippen molar-refractivity contribution in [3.8, 4) is 0 Å². The second-order valence-electron chi connectivity index (χ2n) is 3.14. The zero-order valence-corrected chi connectivity index (χ0v) is 10.7. The van der Waals surface area contributed by atoms with Crippen LogP contribution in [0.3, 0.4) is 0 Å². The summed E-state index contributed by atoms with van der Waals surface area (Å²) in [5, 5.41) is 0.544. The highest BCUT2D eigenvalue weighted by Crippen LogP contribution is 2.22. The molecule has 0 bridgehead atoms. The topological polar surface area (TPSA) is 46.3 Å². The van der Waals surface area contributed by atoms with E-state index in [1.165, 1.54) is 0 Å². The summed E-state index contributed by atoms with van der Waals surface area (Å²) in [4.78, 5) is 13.5. The van der Waals surface area contributed by atoms with E-state index in [1.807, 2.05) is 0 Å². The quantitative estimate of drug-likeness (QED) is 0.927. The fourth-order valence-corrected chi connectivity index (χ4v) is 1.75. The molecule has 1 rings (SSSR count). The average Bonchev–Trinajstić information content (AvgIpc) is 2.21. The van der Waals surface area contributed by atoms with E-state index < -0.39 is 0 Å². The molecule has 82 valence electrons. The molecule has 0 aromatic heterocycles. The van der Waals surface area contributed by atoms with Gasteiger partial charge in [0.05, 0.1) is 5.56 Å². The van der Waals surface area contributed by atoms with E-state index in [2.05, 4.69) is 15.9 Å². The normalized spacial score (nSPS) is 10.1. The molecule has 15 heavy (non-hydrogen) atoms. The number of amides is 1. The number of carbonyl (C=O) groups excluding carboxylic acids is 1. The molecule has 1 amide bonds. The van der Waals surface area contributed by atoms with Gasteiger partial charge in [-0.1, -0.05) is 11.6 Å². The van der Waals surface area contributed by atoms with Gasteiger partial charge in [0.1, 0.15) is 0 Å². The number of likely N-dealkylation sites (N-methyl/N-ethyl adjacent to an activating group) is 1. The van der Waals surface area contributed by atoms with Crippen molar-refractivity contribution in [2.45, 2.75) is 0 Å². The Morgan fingerprint density at radius 2 is 2.27 bits per heavy atom. The molecule has 0 saturated carbocycles. The molecule has 0 aliphatic carbocycles. The Morgan fingerprint density at radius 1 is 1.60 bits per heavy atom. The van der Waals surface area contributed by atoms with Crippen LogP contribution in [0.4, 0.5) is 0 Å². The van der Waals surface area contributed by atoms with E-state index in [0.29, 0.717) is 23.7 Å². The van der Waals surface area contributed by atoms with E-state index in [-0.39, 0.29) is 5.91 Å². The molecule has 0 unspecified atom stereocenters. The highest BCUT2D eigenvalue weighted by atomic mass is 79.9. The molecule has 1 aromatic carbocycles. The molecule has 0 aliphatic heterocycles. The lowest BCUT2D eigenvalue weighted by atomic mass is 10.2. The minimum Gasteiger partial charge on any atom is -0.340 e. The largest absolute Gasteiger partial charge is 0.340 e. The highest BCUT2D eigenvalue weighted by molar-refractivity contribution is 9.10. The van der Waals surface area contributed by atoms with E-state index in [9.17, 15) is 4.79 Å². The number of hydrogen-bond acceptors (Lipinski definition) is 2. The Kier molecular flexibility index (Phi) is 4.57. The van der Waals surface area contributed by atoms with E-state index in [0.717, 1.165) is 4.47 Å². The van der Waals surface area contributed by atoms with Crippen molar-refractivity contribution in [2.24, 2.45) is 5.73 Å². The van der Waals surface area contributed by atoms with Gasteiger partial charge in [-0.2, -0.15) is 0 Å². The molecular formula is C10H12BrClN2O. The van der Waals surface area contributed by atoms with Crippen LogP contribution in [0.2, 0.25) is 5.02 Å². The van der Waals surface area contributed by atoms with Gasteiger partial charge < -0.3 is 10.6 Å². The molecule has 0 saturated heterocycles. The Balaban J connectivity index is 2.95. The van der Waals surface area contributed by atoms with E-state index in [1.54, 1.807) is 30.1 Å². The van der Waals surface area contributed by atoms with Crippen LogP contribution in [-0.4, -0.2) is 30.9 Å². The van der Waals surface area contributed by atoms with Gasteiger partial charge >= 0.3 is 0 Å². The zero-order chi connectivity index (χ0) is 11.4. The predicted octanol–water partition coefficient (Wildman–Crippen LogP) is 2.13. The van der Waals surface area contributed by atoms with Gasteiger partial charge in [0.25, 0.3) is 5.91 Å². The summed E-state index contributed by atoms with van der Waals surface area (Å²) in [5.41, 5.74) is 5.94. The van der Waals surface area contributed by atoms with Crippen LogP contribution < -0.4 is 5.73 Å². The Morgan fingerprint density at radius 3 is 2.87 bits per heavy atom. The maximum Gasteiger partial charge on any atom is 0.254 e. The van der Waals surface area contributed by atoms with Crippen LogP contribution >= 0.6 is 27.5 Å². The monoisotopic (exact) mass is 290 g/mol. The lowest BCUT2D eigenvalue weighted by Crippen LogP contribution is -2.31. The van der Waals surface area contributed by atoms with E-state index in [4.69, 9.17) is 17.3 Å². The number of nitrogens with zero attached hydrogens (tertiary/aromatic N) is 1. The third-order valence-corrected chi connectivity index (χ3v) is 2.90. The summed E-state index contributed by atoms with van der Waals surface area (Å²) in [5.74, 6) is -0.0881. The maximum absolute atomic E-state index is 11.9. The lowest BCUT2D eigenvalue weighted by molar-refractivity contribution is 0.0798. The fraction of sp³-hybridized carbons (Fsp3) is 0.300. The van der Waals surface area contributed by atoms with Crippen molar-refractivity contribution in [3.63, 3.8) is 0 Å². The van der Waals surface area contributed by atoms with Crippen LogP contribution in [0, 0.1) is 0 Å². The van der Waals surface area contributed by atoms with Gasteiger partial charge in [-0.05, 0) is 34.1 Å². The summed E-state index contributed by atoms with van der Waals surface area (Å²) in [6, 6.07) is 5.12. The van der Waals surface area contributed by atoms with Gasteiger partial charge in [0.15, 0.2) is 0 Å². The molecule has 0 aliphatic rings. The molecule has 3 nitrogen and oxygen atoms in total. The van der Waals surface area contributed by atoms with Gasteiger partial charge in [0.2, 0.25) is 0 Å². The average molecular weight is 292 g/mol. The lowest BCUT2D eigenvalue weighted by Gasteiger charge is -2.16. The van der Waals surface area contributed by atoms with Crippen LogP contribution in [0.1, 0.15) is 10.4 Å². The first-order chi connectivity index (χ1) is 7.06. The predicted molar refractivity (Wildman–Crippen MR) is 65.2 cm³/mol. The van der Waals surface area contributed by atoms with Crippen LogP contribution in [0.15, 0.2) is 22.7 Å². The molecule has 0 heterocycles. The highest BCUT2D eigenvalue weighted by Gasteiger charge is 2.14. The smallest absolute Gasteiger partial charge is 0.254 e. The van der Waals surface area contributed by atoms with Crippen molar-refractivity contribution in [1.82, 2.24) is 4.90 Å². The van der Waals surface area contributed by atoms with Gasteiger partial charge in [-0.3, -0.25) is 4.79 Å². The molecule has 0 atom stereocenters. The van der Waals surface area contributed by atoms with Gasteiger partial charge in [-0.25, -0.2) is 0 Å². The number of carbonyl (C=O) groups is 1. The summed E-state index contributed by atoms with van der Waals surface area (Å²) in [7, 11) is 1.71. The van der Waals surface area contributed by atoms with Crippen molar-refractivity contribution >= 4 is 33.4 Å². The van der Waals surface area contributed by atoms with Crippen LogP contribution in [0.5, 0.6) is 0 Å². The molecule has 1 aromatic rings. The minimum absolute atomic E-state index is 0.0881. The van der Waals surface area contributed by atoms with Crippen molar-refractivity contribution < 1.29 is 4.79 Å². The molecule has 0 fully saturated rings. The number of nitrogens with two attached hydrogens (primary N) is 1. The summed E-state index contributed by atoms with van der Waals surface area (Å²) < 4.78 is 0.737. The summed E-state index contributed by atoms with van der Waals surface area (Å²) >= 11 is 9.14. The fourth-order valence-electron chi connectivity index (χ4n) is 1.16. The maximum atomic E-state index is 11.9. The first kappa shape index (κ1) is 12.5. The Bertz CT molecular complexity index is 370. The molecule has 0 radical (unpaired) electrons. The first-order valence-electron chi connectivity index (χ1n) is 4.47. The third-order valence-electron chi connectivity index (χ3n) is 1.97. The molecule has 5 heteroatoms. The number of halogens is 2. The van der Waals surface area contributed by atoms with E-state index >= 15 is 0 Å². The van der Waals surface area contributed by atoms with Crippen LogP contribution in [-0.2, 0) is 0 Å². The van der Waals surface area contributed by atoms with Gasteiger partial charge in [-0.15, -0.1) is 0 Å². The second kappa shape index (κ2) is 5.49. The Labute approximate surface area is 102 Å². The van der Waals surface area contributed by atoms with Crippen molar-refractivity contribution in [2.75, 3.05) is 20.1 Å². The summed E-state index contributed by atoms with van der Waals surface area (Å²) in [6.45, 7) is 0.970. The summed E-state index contributed by atoms with van der Waals surface area (Å²) in [6.07, 6.45) is 0. The number of benzene rings is 1. The SMILES string of the molecule is CN(CCN)C(=O)c1cc(Cl)ccc1Br. The number of hydrogen-bond donors (Lipinski definition) is 1. The minimum atomic E-state index is -0.0881. The number of rotatable bonds is 3. The first-order valence-corrected chi connectivity index (χ1v) is 5.64.